The van der Waals surface area contributed by atoms with Gasteiger partial charge < -0.3 is 14.5 Å². The lowest BCUT2D eigenvalue weighted by atomic mass is 10.1. The lowest BCUT2D eigenvalue weighted by Gasteiger charge is -2.22. The number of rotatable bonds is 7. The van der Waals surface area contributed by atoms with E-state index in [1.807, 2.05) is 12.1 Å². The zero-order chi connectivity index (χ0) is 20.6. The van der Waals surface area contributed by atoms with Gasteiger partial charge in [-0.1, -0.05) is 30.3 Å². The maximum Gasteiger partial charge on any atom is 0.340 e. The van der Waals surface area contributed by atoms with Crippen molar-refractivity contribution in [3.8, 4) is 6.07 Å². The molecule has 1 saturated heterocycles. The van der Waals surface area contributed by atoms with Gasteiger partial charge in [0.2, 0.25) is 5.91 Å². The Hall–Kier alpha value is -3.66. The predicted octanol–water partition coefficient (Wildman–Crippen LogP) is 2.92. The minimum absolute atomic E-state index is 0.0342. The van der Waals surface area contributed by atoms with E-state index < -0.39 is 18.5 Å². The first-order valence-corrected chi connectivity index (χ1v) is 9.40. The van der Waals surface area contributed by atoms with Crippen molar-refractivity contribution in [2.75, 3.05) is 29.5 Å². The van der Waals surface area contributed by atoms with Crippen LogP contribution < -0.4 is 9.80 Å². The Morgan fingerprint density at radius 1 is 1.10 bits per heavy atom. The fourth-order valence-corrected chi connectivity index (χ4v) is 3.23. The molecule has 29 heavy (non-hydrogen) atoms. The molecule has 2 aromatic rings. The van der Waals surface area contributed by atoms with E-state index in [0.29, 0.717) is 24.3 Å². The second-order valence-electron chi connectivity index (χ2n) is 6.53. The molecule has 0 bridgehead atoms. The molecule has 148 valence electrons. The number of carbonyl (C=O) groups excluding carboxylic acids is 3. The van der Waals surface area contributed by atoms with E-state index in [1.165, 1.54) is 4.90 Å². The molecule has 0 unspecified atom stereocenters. The summed E-state index contributed by atoms with van der Waals surface area (Å²) in [5.74, 6) is -1.12. The van der Waals surface area contributed by atoms with Gasteiger partial charge in [0.05, 0.1) is 23.7 Å². The number of carbonyl (C=O) groups is 3. The topological polar surface area (TPSA) is 90.7 Å². The van der Waals surface area contributed by atoms with Crippen LogP contribution in [-0.4, -0.2) is 37.5 Å². The van der Waals surface area contributed by atoms with Gasteiger partial charge in [-0.25, -0.2) is 4.79 Å². The van der Waals surface area contributed by atoms with Crippen molar-refractivity contribution in [3.63, 3.8) is 0 Å². The summed E-state index contributed by atoms with van der Waals surface area (Å²) in [4.78, 5) is 40.3. The first-order chi connectivity index (χ1) is 14.1. The van der Waals surface area contributed by atoms with Gasteiger partial charge in [0.15, 0.2) is 6.61 Å². The van der Waals surface area contributed by atoms with Crippen molar-refractivity contribution in [1.29, 1.82) is 5.26 Å². The third-order valence-electron chi connectivity index (χ3n) is 4.63. The summed E-state index contributed by atoms with van der Waals surface area (Å²) in [6.07, 6.45) is 1.35. The molecule has 1 aliphatic heterocycles. The average Bonchev–Trinajstić information content (AvgIpc) is 3.18. The molecule has 0 aromatic heterocycles. The highest BCUT2D eigenvalue weighted by molar-refractivity contribution is 6.04. The largest absolute Gasteiger partial charge is 0.452 e. The van der Waals surface area contributed by atoms with Crippen molar-refractivity contribution in [2.24, 2.45) is 0 Å². The minimum Gasteiger partial charge on any atom is -0.452 e. The van der Waals surface area contributed by atoms with E-state index in [9.17, 15) is 14.4 Å². The summed E-state index contributed by atoms with van der Waals surface area (Å²) < 4.78 is 5.26. The second-order valence-corrected chi connectivity index (χ2v) is 6.53. The number of amides is 2. The first-order valence-electron chi connectivity index (χ1n) is 9.40. The standard InChI is InChI=1S/C22H21N3O4/c23-13-7-15-24(17-8-2-1-3-9-17)21(27)16-29-22(28)18-10-4-5-11-19(18)25-14-6-12-20(25)26/h1-5,8-11H,6-7,12,14-16H2. The van der Waals surface area contributed by atoms with Gasteiger partial charge in [0, 0.05) is 25.2 Å². The van der Waals surface area contributed by atoms with E-state index in [0.717, 1.165) is 6.42 Å². The lowest BCUT2D eigenvalue weighted by Crippen LogP contribution is -2.35. The number of benzene rings is 2. The Morgan fingerprint density at radius 3 is 2.52 bits per heavy atom. The monoisotopic (exact) mass is 391 g/mol. The van der Waals surface area contributed by atoms with Gasteiger partial charge in [0.25, 0.3) is 5.91 Å². The molecule has 0 aliphatic carbocycles. The summed E-state index contributed by atoms with van der Waals surface area (Å²) in [6, 6.07) is 17.7. The van der Waals surface area contributed by atoms with E-state index >= 15 is 0 Å². The Kier molecular flexibility index (Phi) is 6.59. The van der Waals surface area contributed by atoms with Gasteiger partial charge >= 0.3 is 5.97 Å². The highest BCUT2D eigenvalue weighted by atomic mass is 16.5. The van der Waals surface area contributed by atoms with Crippen LogP contribution in [0.1, 0.15) is 29.6 Å². The first kappa shape index (κ1) is 20.1. The molecule has 0 radical (unpaired) electrons. The number of esters is 1. The van der Waals surface area contributed by atoms with Crippen LogP contribution in [0.2, 0.25) is 0 Å². The molecular weight excluding hydrogens is 370 g/mol. The van der Waals surface area contributed by atoms with E-state index in [-0.39, 0.29) is 24.4 Å². The maximum atomic E-state index is 12.7. The van der Waals surface area contributed by atoms with E-state index in [4.69, 9.17) is 10.00 Å². The van der Waals surface area contributed by atoms with Gasteiger partial charge in [-0.15, -0.1) is 0 Å². The fourth-order valence-electron chi connectivity index (χ4n) is 3.23. The number of para-hydroxylation sites is 2. The molecule has 2 aromatic carbocycles. The molecule has 3 rings (SSSR count). The zero-order valence-corrected chi connectivity index (χ0v) is 15.9. The van der Waals surface area contributed by atoms with Crippen LogP contribution in [0.3, 0.4) is 0 Å². The third-order valence-corrected chi connectivity index (χ3v) is 4.63. The second kappa shape index (κ2) is 9.51. The van der Waals surface area contributed by atoms with Crippen molar-refractivity contribution < 1.29 is 19.1 Å². The quantitative estimate of drug-likeness (QED) is 0.677. The molecule has 7 heteroatoms. The van der Waals surface area contributed by atoms with Gasteiger partial charge in [-0.05, 0) is 30.7 Å². The van der Waals surface area contributed by atoms with Crippen molar-refractivity contribution >= 4 is 29.2 Å². The van der Waals surface area contributed by atoms with Gasteiger partial charge in [-0.3, -0.25) is 9.59 Å². The predicted molar refractivity (Wildman–Crippen MR) is 107 cm³/mol. The van der Waals surface area contributed by atoms with Crippen molar-refractivity contribution in [1.82, 2.24) is 0 Å². The Bertz CT molecular complexity index is 937. The smallest absolute Gasteiger partial charge is 0.340 e. The highest BCUT2D eigenvalue weighted by Gasteiger charge is 2.26. The number of anilines is 2. The van der Waals surface area contributed by atoms with E-state index in [2.05, 4.69) is 0 Å². The number of nitriles is 1. The van der Waals surface area contributed by atoms with Crippen LogP contribution in [0.4, 0.5) is 11.4 Å². The molecule has 0 saturated carbocycles. The van der Waals surface area contributed by atoms with E-state index in [1.54, 1.807) is 53.4 Å². The third kappa shape index (κ3) is 4.79. The average molecular weight is 391 g/mol. The summed E-state index contributed by atoms with van der Waals surface area (Å²) in [5.41, 5.74) is 1.38. The molecule has 1 heterocycles. The van der Waals surface area contributed by atoms with Crippen LogP contribution in [0, 0.1) is 11.3 Å². The summed E-state index contributed by atoms with van der Waals surface area (Å²) >= 11 is 0. The normalized spacial score (nSPS) is 13.1. The molecule has 1 aliphatic rings. The number of nitrogens with zero attached hydrogens (tertiary/aromatic N) is 3. The SMILES string of the molecule is N#CCCN(C(=O)COC(=O)c1ccccc1N1CCCC1=O)c1ccccc1. The van der Waals surface area contributed by atoms with Crippen molar-refractivity contribution in [3.05, 3.63) is 60.2 Å². The van der Waals surface area contributed by atoms with Crippen LogP contribution in [-0.2, 0) is 14.3 Å². The fraction of sp³-hybridized carbons (Fsp3) is 0.273. The Labute approximate surface area is 169 Å². The number of hydrogen-bond acceptors (Lipinski definition) is 5. The molecule has 0 spiro atoms. The molecule has 1 fully saturated rings. The minimum atomic E-state index is -0.665. The Balaban J connectivity index is 1.70. The lowest BCUT2D eigenvalue weighted by molar-refractivity contribution is -0.121. The van der Waals surface area contributed by atoms with Gasteiger partial charge in [-0.2, -0.15) is 5.26 Å². The molecule has 2 amide bonds. The Morgan fingerprint density at radius 2 is 1.83 bits per heavy atom. The number of hydrogen-bond donors (Lipinski definition) is 0. The van der Waals surface area contributed by atoms with Crippen LogP contribution in [0.15, 0.2) is 54.6 Å². The molecule has 0 N–H and O–H groups in total. The van der Waals surface area contributed by atoms with Gasteiger partial charge in [0.1, 0.15) is 0 Å². The summed E-state index contributed by atoms with van der Waals surface area (Å²) in [5, 5.41) is 8.86. The van der Waals surface area contributed by atoms with Crippen LogP contribution in [0.25, 0.3) is 0 Å². The van der Waals surface area contributed by atoms with Crippen LogP contribution in [0.5, 0.6) is 0 Å². The highest BCUT2D eigenvalue weighted by Crippen LogP contribution is 2.26. The molecular formula is C22H21N3O4. The van der Waals surface area contributed by atoms with Crippen molar-refractivity contribution in [2.45, 2.75) is 19.3 Å². The maximum absolute atomic E-state index is 12.7. The summed E-state index contributed by atoms with van der Waals surface area (Å²) in [7, 11) is 0. The molecule has 7 nitrogen and oxygen atoms in total. The van der Waals surface area contributed by atoms with Crippen LogP contribution >= 0.6 is 0 Å². The zero-order valence-electron chi connectivity index (χ0n) is 15.9. The number of ether oxygens (including phenoxy) is 1. The summed E-state index contributed by atoms with van der Waals surface area (Å²) in [6.45, 7) is 0.301. The molecule has 0 atom stereocenters.